The van der Waals surface area contributed by atoms with E-state index >= 15 is 0 Å². The normalized spacial score (nSPS) is 16.0. The molecule has 0 saturated heterocycles. The summed E-state index contributed by atoms with van der Waals surface area (Å²) in [5.41, 5.74) is 3.44. The summed E-state index contributed by atoms with van der Waals surface area (Å²) in [6.07, 6.45) is 10.5. The minimum Gasteiger partial charge on any atom is -0.336 e. The lowest BCUT2D eigenvalue weighted by Gasteiger charge is -2.21. The van der Waals surface area contributed by atoms with Gasteiger partial charge in [0.1, 0.15) is 5.70 Å². The van der Waals surface area contributed by atoms with E-state index in [-0.39, 0.29) is 11.8 Å². The van der Waals surface area contributed by atoms with Crippen LogP contribution in [-0.4, -0.2) is 29.8 Å². The number of anilines is 1. The highest BCUT2D eigenvalue weighted by atomic mass is 32.1. The molecule has 2 aromatic rings. The monoisotopic (exact) mass is 436 g/mol. The van der Waals surface area contributed by atoms with Gasteiger partial charge in [0.2, 0.25) is 0 Å². The predicted octanol–water partition coefficient (Wildman–Crippen LogP) is 6.03. The predicted molar refractivity (Wildman–Crippen MR) is 128 cm³/mol. The number of carbonyl (C=O) groups is 2. The molecule has 1 aromatic heterocycles. The van der Waals surface area contributed by atoms with Gasteiger partial charge in [-0.05, 0) is 35.9 Å². The highest BCUT2D eigenvalue weighted by Gasteiger charge is 2.43. The van der Waals surface area contributed by atoms with Crippen LogP contribution in [0.3, 0.4) is 0 Å². The molecule has 3 heterocycles. The van der Waals surface area contributed by atoms with Gasteiger partial charge in [-0.2, -0.15) is 0 Å². The van der Waals surface area contributed by atoms with Crippen molar-refractivity contribution >= 4 is 34.4 Å². The summed E-state index contributed by atoms with van der Waals surface area (Å²) in [5, 5.41) is 1.97. The maximum Gasteiger partial charge on any atom is 0.278 e. The lowest BCUT2D eigenvalue weighted by molar-refractivity contribution is -0.136. The second-order valence-electron chi connectivity index (χ2n) is 8.47. The lowest BCUT2D eigenvalue weighted by atomic mass is 10.1. The Labute approximate surface area is 189 Å². The maximum atomic E-state index is 13.5. The summed E-state index contributed by atoms with van der Waals surface area (Å²) in [6.45, 7) is 3.49. The standard InChI is InChI=1S/C26H32N2O2S/c1-2-3-4-5-6-7-8-11-17-28-25(29)23(22-15-12-19-31-22)24(26(28)30)27-18-16-20-13-9-10-14-21(20)27/h9-10,12-15,19H,2-8,11,16-18H2,1H3. The molecule has 0 atom stereocenters. The third-order valence-corrected chi connectivity index (χ3v) is 7.19. The zero-order chi connectivity index (χ0) is 21.6. The van der Waals surface area contributed by atoms with Crippen LogP contribution in [-0.2, 0) is 16.0 Å². The zero-order valence-electron chi connectivity index (χ0n) is 18.4. The lowest BCUT2D eigenvalue weighted by Crippen LogP contribution is -2.35. The first kappa shape index (κ1) is 21.8. The van der Waals surface area contributed by atoms with Gasteiger partial charge >= 0.3 is 0 Å². The van der Waals surface area contributed by atoms with Gasteiger partial charge in [0.25, 0.3) is 11.8 Å². The topological polar surface area (TPSA) is 40.6 Å². The van der Waals surface area contributed by atoms with E-state index in [9.17, 15) is 9.59 Å². The van der Waals surface area contributed by atoms with E-state index < -0.39 is 0 Å². The highest BCUT2D eigenvalue weighted by molar-refractivity contribution is 7.11. The fraction of sp³-hybridized carbons (Fsp3) is 0.462. The molecule has 0 bridgehead atoms. The van der Waals surface area contributed by atoms with Crippen molar-refractivity contribution in [1.29, 1.82) is 0 Å². The molecule has 4 nitrogen and oxygen atoms in total. The van der Waals surface area contributed by atoms with Crippen molar-refractivity contribution in [2.45, 2.75) is 64.7 Å². The molecule has 0 aliphatic carbocycles. The van der Waals surface area contributed by atoms with Crippen LogP contribution in [0.5, 0.6) is 0 Å². The Morgan fingerprint density at radius 1 is 0.871 bits per heavy atom. The van der Waals surface area contributed by atoms with Crippen LogP contribution in [0, 0.1) is 0 Å². The third-order valence-electron chi connectivity index (χ3n) is 6.30. The van der Waals surface area contributed by atoms with Crippen LogP contribution >= 0.6 is 11.3 Å². The number of hydrogen-bond acceptors (Lipinski definition) is 4. The first-order chi connectivity index (χ1) is 15.2. The molecule has 2 amide bonds. The van der Waals surface area contributed by atoms with E-state index in [1.54, 1.807) is 0 Å². The van der Waals surface area contributed by atoms with Crippen molar-refractivity contribution in [3.8, 4) is 0 Å². The zero-order valence-corrected chi connectivity index (χ0v) is 19.3. The first-order valence-electron chi connectivity index (χ1n) is 11.7. The quantitative estimate of drug-likeness (QED) is 0.319. The summed E-state index contributed by atoms with van der Waals surface area (Å²) in [7, 11) is 0. The number of nitrogens with zero attached hydrogens (tertiary/aromatic N) is 2. The van der Waals surface area contributed by atoms with E-state index in [0.29, 0.717) is 17.8 Å². The molecule has 2 aliphatic heterocycles. The van der Waals surface area contributed by atoms with Gasteiger partial charge in [0.15, 0.2) is 0 Å². The van der Waals surface area contributed by atoms with Gasteiger partial charge in [-0.3, -0.25) is 14.5 Å². The average molecular weight is 437 g/mol. The highest BCUT2D eigenvalue weighted by Crippen LogP contribution is 2.39. The Morgan fingerprint density at radius 2 is 1.61 bits per heavy atom. The summed E-state index contributed by atoms with van der Waals surface area (Å²) >= 11 is 1.53. The van der Waals surface area contributed by atoms with Crippen LogP contribution in [0.4, 0.5) is 5.69 Å². The number of benzene rings is 1. The van der Waals surface area contributed by atoms with E-state index in [1.807, 2.05) is 29.6 Å². The smallest absolute Gasteiger partial charge is 0.278 e. The number of rotatable bonds is 11. The molecule has 4 rings (SSSR count). The fourth-order valence-corrected chi connectivity index (χ4v) is 5.40. The average Bonchev–Trinajstić information content (AvgIpc) is 3.50. The molecule has 0 unspecified atom stereocenters. The second kappa shape index (κ2) is 10.3. The molecule has 5 heteroatoms. The number of fused-ring (bicyclic) bond motifs is 1. The van der Waals surface area contributed by atoms with E-state index in [0.717, 1.165) is 36.4 Å². The Morgan fingerprint density at radius 3 is 2.35 bits per heavy atom. The SMILES string of the molecule is CCCCCCCCCCN1C(=O)C(c2cccs2)=C(N2CCc3ccccc32)C1=O. The summed E-state index contributed by atoms with van der Waals surface area (Å²) in [5.74, 6) is -0.261. The second-order valence-corrected chi connectivity index (χ2v) is 9.42. The number of hydrogen-bond donors (Lipinski definition) is 0. The van der Waals surface area contributed by atoms with Gasteiger partial charge in [-0.25, -0.2) is 0 Å². The molecule has 0 spiro atoms. The van der Waals surface area contributed by atoms with Gasteiger partial charge in [0.05, 0.1) is 5.57 Å². The van der Waals surface area contributed by atoms with Crippen molar-refractivity contribution in [3.63, 3.8) is 0 Å². The molecule has 0 radical (unpaired) electrons. The van der Waals surface area contributed by atoms with Crippen molar-refractivity contribution in [2.75, 3.05) is 18.0 Å². The molecule has 164 valence electrons. The van der Waals surface area contributed by atoms with Gasteiger partial charge in [-0.1, -0.05) is 76.1 Å². The van der Waals surface area contributed by atoms with Crippen molar-refractivity contribution in [2.24, 2.45) is 0 Å². The molecule has 0 fully saturated rings. The van der Waals surface area contributed by atoms with Crippen molar-refractivity contribution in [3.05, 3.63) is 57.9 Å². The van der Waals surface area contributed by atoms with Gasteiger partial charge < -0.3 is 4.90 Å². The number of amides is 2. The number of unbranched alkanes of at least 4 members (excludes halogenated alkanes) is 7. The van der Waals surface area contributed by atoms with Crippen LogP contribution in [0.1, 0.15) is 68.7 Å². The molecular formula is C26H32N2O2S. The molecule has 31 heavy (non-hydrogen) atoms. The Bertz CT molecular complexity index is 948. The third kappa shape index (κ3) is 4.62. The minimum absolute atomic E-state index is 0.130. The molecular weight excluding hydrogens is 404 g/mol. The Balaban J connectivity index is 1.46. The Kier molecular flexibility index (Phi) is 7.23. The molecule has 1 aromatic carbocycles. The van der Waals surface area contributed by atoms with Gasteiger partial charge in [-0.15, -0.1) is 11.3 Å². The molecule has 2 aliphatic rings. The minimum atomic E-state index is -0.131. The summed E-state index contributed by atoms with van der Waals surface area (Å²) in [6, 6.07) is 12.1. The molecule has 0 saturated carbocycles. The number of para-hydroxylation sites is 1. The van der Waals surface area contributed by atoms with Crippen LogP contribution < -0.4 is 4.90 Å². The van der Waals surface area contributed by atoms with Gasteiger partial charge in [0, 0.05) is 23.7 Å². The number of carbonyl (C=O) groups excluding carboxylic acids is 2. The molecule has 0 N–H and O–H groups in total. The number of thiophene rings is 1. The van der Waals surface area contributed by atoms with E-state index in [2.05, 4.69) is 24.0 Å². The van der Waals surface area contributed by atoms with Crippen molar-refractivity contribution in [1.82, 2.24) is 4.90 Å². The fourth-order valence-electron chi connectivity index (χ4n) is 4.63. The maximum absolute atomic E-state index is 13.5. The first-order valence-corrected chi connectivity index (χ1v) is 12.6. The number of imide groups is 1. The Hall–Kier alpha value is -2.40. The van der Waals surface area contributed by atoms with Crippen LogP contribution in [0.2, 0.25) is 0 Å². The van der Waals surface area contributed by atoms with E-state index in [1.165, 1.54) is 60.3 Å². The van der Waals surface area contributed by atoms with Crippen LogP contribution in [0.15, 0.2) is 47.5 Å². The van der Waals surface area contributed by atoms with Crippen LogP contribution in [0.25, 0.3) is 5.57 Å². The summed E-state index contributed by atoms with van der Waals surface area (Å²) < 4.78 is 0. The summed E-state index contributed by atoms with van der Waals surface area (Å²) in [4.78, 5) is 31.3. The van der Waals surface area contributed by atoms with Crippen molar-refractivity contribution < 1.29 is 9.59 Å². The van der Waals surface area contributed by atoms with E-state index in [4.69, 9.17) is 0 Å². The largest absolute Gasteiger partial charge is 0.336 e.